The van der Waals surface area contributed by atoms with E-state index in [4.69, 9.17) is 0 Å². The van der Waals surface area contributed by atoms with Gasteiger partial charge in [-0.1, -0.05) is 20.8 Å². The molecule has 5 nitrogen and oxygen atoms in total. The van der Waals surface area contributed by atoms with Crippen LogP contribution in [0, 0.1) is 5.92 Å². The Labute approximate surface area is 77.8 Å². The average Bonchev–Trinajstić information content (AvgIpc) is 2.50. The van der Waals surface area contributed by atoms with E-state index >= 15 is 0 Å². The summed E-state index contributed by atoms with van der Waals surface area (Å²) >= 11 is 0. The van der Waals surface area contributed by atoms with Gasteiger partial charge in [0.15, 0.2) is 0 Å². The van der Waals surface area contributed by atoms with Crippen molar-refractivity contribution < 1.29 is 5.11 Å². The maximum atomic E-state index is 10.2. The molecule has 1 heterocycles. The molecule has 1 atom stereocenters. The van der Waals surface area contributed by atoms with Gasteiger partial charge in [-0.15, -0.1) is 10.2 Å². The first-order valence-electron chi connectivity index (χ1n) is 4.47. The molecule has 0 saturated heterocycles. The highest BCUT2D eigenvalue weighted by Crippen LogP contribution is 2.29. The molecule has 13 heavy (non-hydrogen) atoms. The third-order valence-corrected chi connectivity index (χ3v) is 2.39. The first-order valence-corrected chi connectivity index (χ1v) is 4.47. The van der Waals surface area contributed by atoms with E-state index in [1.165, 1.54) is 4.80 Å². The fourth-order valence-corrected chi connectivity index (χ4v) is 1.28. The number of tetrazole rings is 1. The van der Waals surface area contributed by atoms with Gasteiger partial charge in [0.05, 0.1) is 7.05 Å². The van der Waals surface area contributed by atoms with E-state index in [1.54, 1.807) is 7.05 Å². The lowest BCUT2D eigenvalue weighted by molar-refractivity contribution is -0.0225. The van der Waals surface area contributed by atoms with Crippen LogP contribution in [0.5, 0.6) is 0 Å². The minimum absolute atomic E-state index is 0.0849. The number of hydrogen-bond acceptors (Lipinski definition) is 4. The first kappa shape index (κ1) is 10.1. The molecular formula is C8H16N4O. The van der Waals surface area contributed by atoms with Gasteiger partial charge in [-0.2, -0.15) is 4.80 Å². The molecule has 5 heteroatoms. The number of hydrogen-bond donors (Lipinski definition) is 1. The van der Waals surface area contributed by atoms with Crippen LogP contribution in [0.1, 0.15) is 33.0 Å². The van der Waals surface area contributed by atoms with E-state index < -0.39 is 5.60 Å². The van der Waals surface area contributed by atoms with Crippen LogP contribution in [-0.4, -0.2) is 25.3 Å². The zero-order valence-corrected chi connectivity index (χ0v) is 8.52. The summed E-state index contributed by atoms with van der Waals surface area (Å²) in [6, 6.07) is 0. The van der Waals surface area contributed by atoms with Gasteiger partial charge in [0.1, 0.15) is 5.60 Å². The number of aryl methyl sites for hydroxylation is 1. The molecule has 0 saturated carbocycles. The fraction of sp³-hybridized carbons (Fsp3) is 0.875. The lowest BCUT2D eigenvalue weighted by Crippen LogP contribution is -2.32. The molecule has 0 aliphatic rings. The molecule has 0 aliphatic heterocycles. The molecule has 0 fully saturated rings. The van der Waals surface area contributed by atoms with Gasteiger partial charge < -0.3 is 5.11 Å². The average molecular weight is 184 g/mol. The highest BCUT2D eigenvalue weighted by Gasteiger charge is 2.35. The Morgan fingerprint density at radius 2 is 2.15 bits per heavy atom. The van der Waals surface area contributed by atoms with E-state index in [1.807, 2.05) is 20.8 Å². The Morgan fingerprint density at radius 1 is 1.54 bits per heavy atom. The van der Waals surface area contributed by atoms with E-state index in [2.05, 4.69) is 15.4 Å². The Bertz CT molecular complexity index is 283. The molecule has 1 rings (SSSR count). The highest BCUT2D eigenvalue weighted by molar-refractivity contribution is 4.98. The highest BCUT2D eigenvalue weighted by atomic mass is 16.3. The fourth-order valence-electron chi connectivity index (χ4n) is 1.28. The largest absolute Gasteiger partial charge is 0.381 e. The zero-order chi connectivity index (χ0) is 10.1. The molecule has 0 spiro atoms. The summed E-state index contributed by atoms with van der Waals surface area (Å²) in [5.74, 6) is 0.495. The Hall–Kier alpha value is -0.970. The van der Waals surface area contributed by atoms with Crippen LogP contribution in [0.25, 0.3) is 0 Å². The normalized spacial score (nSPS) is 16.2. The van der Waals surface area contributed by atoms with Crippen LogP contribution < -0.4 is 0 Å². The van der Waals surface area contributed by atoms with Gasteiger partial charge in [-0.05, 0) is 17.6 Å². The number of rotatable bonds is 3. The van der Waals surface area contributed by atoms with Crippen molar-refractivity contribution in [1.82, 2.24) is 20.2 Å². The second kappa shape index (κ2) is 3.41. The van der Waals surface area contributed by atoms with Crippen LogP contribution in [0.15, 0.2) is 0 Å². The zero-order valence-electron chi connectivity index (χ0n) is 8.52. The predicted molar refractivity (Wildman–Crippen MR) is 47.8 cm³/mol. The van der Waals surface area contributed by atoms with Crippen molar-refractivity contribution in [2.24, 2.45) is 13.0 Å². The van der Waals surface area contributed by atoms with Gasteiger partial charge in [-0.3, -0.25) is 0 Å². The molecule has 0 aliphatic carbocycles. The molecular weight excluding hydrogens is 168 g/mol. The summed E-state index contributed by atoms with van der Waals surface area (Å²) in [4.78, 5) is 1.36. The molecule has 1 unspecified atom stereocenters. The van der Waals surface area contributed by atoms with Gasteiger partial charge >= 0.3 is 0 Å². The van der Waals surface area contributed by atoms with Gasteiger partial charge in [0.25, 0.3) is 0 Å². The van der Waals surface area contributed by atoms with Gasteiger partial charge in [0.2, 0.25) is 5.82 Å². The second-order valence-electron chi connectivity index (χ2n) is 3.54. The van der Waals surface area contributed by atoms with Crippen LogP contribution in [0.4, 0.5) is 0 Å². The molecule has 1 aromatic heterocycles. The molecule has 0 bridgehead atoms. The quantitative estimate of drug-likeness (QED) is 0.741. The summed E-state index contributed by atoms with van der Waals surface area (Å²) in [6.07, 6.45) is 0.594. The molecule has 0 amide bonds. The van der Waals surface area contributed by atoms with Crippen LogP contribution in [0.3, 0.4) is 0 Å². The lowest BCUT2D eigenvalue weighted by atomic mass is 9.87. The van der Waals surface area contributed by atoms with Crippen molar-refractivity contribution in [3.8, 4) is 0 Å². The van der Waals surface area contributed by atoms with Crippen LogP contribution in [-0.2, 0) is 12.6 Å². The number of aromatic nitrogens is 4. The summed E-state index contributed by atoms with van der Waals surface area (Å²) in [5.41, 5.74) is -0.950. The maximum Gasteiger partial charge on any atom is 0.206 e. The summed E-state index contributed by atoms with van der Waals surface area (Å²) in [7, 11) is 1.69. The lowest BCUT2D eigenvalue weighted by Gasteiger charge is -2.26. The van der Waals surface area contributed by atoms with Crippen molar-refractivity contribution in [3.63, 3.8) is 0 Å². The first-order chi connectivity index (χ1) is 6.00. The monoisotopic (exact) mass is 184 g/mol. The Kier molecular flexibility index (Phi) is 2.66. The van der Waals surface area contributed by atoms with E-state index in [0.29, 0.717) is 12.2 Å². The van der Waals surface area contributed by atoms with Crippen molar-refractivity contribution in [1.29, 1.82) is 0 Å². The second-order valence-corrected chi connectivity index (χ2v) is 3.54. The van der Waals surface area contributed by atoms with Crippen molar-refractivity contribution in [2.45, 2.75) is 32.8 Å². The number of nitrogens with zero attached hydrogens (tertiary/aromatic N) is 4. The third-order valence-electron chi connectivity index (χ3n) is 2.39. The predicted octanol–water partition coefficient (Wildman–Crippen LogP) is 0.464. The molecule has 0 aromatic carbocycles. The maximum absolute atomic E-state index is 10.2. The van der Waals surface area contributed by atoms with E-state index in [0.717, 1.165) is 0 Å². The SMILES string of the molecule is CCC(O)(c1nnn(C)n1)C(C)C. The smallest absolute Gasteiger partial charge is 0.206 e. The van der Waals surface area contributed by atoms with Crippen LogP contribution in [0.2, 0.25) is 0 Å². The van der Waals surface area contributed by atoms with Gasteiger partial charge in [-0.25, -0.2) is 0 Å². The molecule has 0 radical (unpaired) electrons. The Balaban J connectivity index is 3.02. The third kappa shape index (κ3) is 1.70. The van der Waals surface area contributed by atoms with E-state index in [-0.39, 0.29) is 5.92 Å². The standard InChI is InChI=1S/C8H16N4O/c1-5-8(13,6(2)3)7-9-11-12(4)10-7/h6,13H,5H2,1-4H3. The minimum atomic E-state index is -0.950. The van der Waals surface area contributed by atoms with Crippen molar-refractivity contribution in [2.75, 3.05) is 0 Å². The van der Waals surface area contributed by atoms with Gasteiger partial charge in [0, 0.05) is 0 Å². The van der Waals surface area contributed by atoms with Crippen LogP contribution >= 0.6 is 0 Å². The van der Waals surface area contributed by atoms with E-state index in [9.17, 15) is 5.11 Å². The number of aliphatic hydroxyl groups is 1. The molecule has 1 N–H and O–H groups in total. The molecule has 74 valence electrons. The Morgan fingerprint density at radius 3 is 2.46 bits per heavy atom. The van der Waals surface area contributed by atoms with Crippen molar-refractivity contribution >= 4 is 0 Å². The molecule has 1 aromatic rings. The summed E-state index contributed by atoms with van der Waals surface area (Å²) < 4.78 is 0. The topological polar surface area (TPSA) is 63.8 Å². The summed E-state index contributed by atoms with van der Waals surface area (Å²) in [5, 5.41) is 21.8. The summed E-state index contributed by atoms with van der Waals surface area (Å²) in [6.45, 7) is 5.80. The minimum Gasteiger partial charge on any atom is -0.381 e. The van der Waals surface area contributed by atoms with Crippen molar-refractivity contribution in [3.05, 3.63) is 5.82 Å².